The Morgan fingerprint density at radius 2 is 2.35 bits per heavy atom. The van der Waals surface area contributed by atoms with Gasteiger partial charge in [-0.15, -0.1) is 11.3 Å². The van der Waals surface area contributed by atoms with Crippen molar-refractivity contribution in [3.8, 4) is 0 Å². The summed E-state index contributed by atoms with van der Waals surface area (Å²) in [4.78, 5) is 26.4. The molecule has 5 heteroatoms. The van der Waals surface area contributed by atoms with Crippen molar-refractivity contribution < 1.29 is 9.59 Å². The molecule has 1 atom stereocenters. The first kappa shape index (κ1) is 12.1. The predicted molar refractivity (Wildman–Crippen MR) is 66.8 cm³/mol. The van der Waals surface area contributed by atoms with Gasteiger partial charge in [0.05, 0.1) is 6.54 Å². The maximum Gasteiger partial charge on any atom is 0.243 e. The van der Waals surface area contributed by atoms with Crippen molar-refractivity contribution in [2.24, 2.45) is 0 Å². The average molecular weight is 252 g/mol. The van der Waals surface area contributed by atoms with Crippen LogP contribution < -0.4 is 5.32 Å². The average Bonchev–Trinajstić information content (AvgIpc) is 2.83. The van der Waals surface area contributed by atoms with Crippen molar-refractivity contribution in [1.82, 2.24) is 10.2 Å². The van der Waals surface area contributed by atoms with E-state index in [1.54, 1.807) is 16.2 Å². The van der Waals surface area contributed by atoms with Gasteiger partial charge < -0.3 is 10.2 Å². The van der Waals surface area contributed by atoms with Gasteiger partial charge in [0.15, 0.2) is 0 Å². The minimum Gasteiger partial charge on any atom is -0.345 e. The fraction of sp³-hybridized carbons (Fsp3) is 0.500. The van der Waals surface area contributed by atoms with Crippen LogP contribution in [0.3, 0.4) is 0 Å². The SMILES string of the molecule is CCC1C(=O)NCC(=O)N1CCc1cccs1. The molecule has 0 spiro atoms. The van der Waals surface area contributed by atoms with Gasteiger partial charge in [0.25, 0.3) is 0 Å². The molecule has 1 fully saturated rings. The maximum absolute atomic E-state index is 11.8. The van der Waals surface area contributed by atoms with Gasteiger partial charge in [-0.1, -0.05) is 13.0 Å². The first-order valence-electron chi connectivity index (χ1n) is 5.82. The van der Waals surface area contributed by atoms with Crippen molar-refractivity contribution in [3.63, 3.8) is 0 Å². The second kappa shape index (κ2) is 5.31. The molecule has 0 aromatic carbocycles. The molecule has 1 aromatic heterocycles. The normalized spacial score (nSPS) is 20.5. The molecular weight excluding hydrogens is 236 g/mol. The Kier molecular flexibility index (Phi) is 3.78. The van der Waals surface area contributed by atoms with E-state index in [0.29, 0.717) is 13.0 Å². The van der Waals surface area contributed by atoms with Crippen LogP contribution in [-0.2, 0) is 16.0 Å². The fourth-order valence-electron chi connectivity index (χ4n) is 2.07. The first-order chi connectivity index (χ1) is 8.22. The predicted octanol–water partition coefficient (Wildman–Crippen LogP) is 1.03. The van der Waals surface area contributed by atoms with Gasteiger partial charge in [-0.05, 0) is 24.3 Å². The molecular formula is C12H16N2O2S. The second-order valence-corrected chi connectivity index (χ2v) is 5.09. The van der Waals surface area contributed by atoms with Gasteiger partial charge in [0.2, 0.25) is 11.8 Å². The van der Waals surface area contributed by atoms with Gasteiger partial charge in [0, 0.05) is 11.4 Å². The summed E-state index contributed by atoms with van der Waals surface area (Å²) in [5, 5.41) is 4.65. The molecule has 1 aliphatic rings. The van der Waals surface area contributed by atoms with Gasteiger partial charge in [-0.3, -0.25) is 9.59 Å². The van der Waals surface area contributed by atoms with E-state index in [1.807, 2.05) is 18.4 Å². The van der Waals surface area contributed by atoms with Crippen molar-refractivity contribution in [3.05, 3.63) is 22.4 Å². The number of carbonyl (C=O) groups is 2. The Morgan fingerprint density at radius 3 is 3.00 bits per heavy atom. The van der Waals surface area contributed by atoms with Crippen LogP contribution in [0.1, 0.15) is 18.2 Å². The van der Waals surface area contributed by atoms with Crippen molar-refractivity contribution in [2.75, 3.05) is 13.1 Å². The van der Waals surface area contributed by atoms with Crippen molar-refractivity contribution in [1.29, 1.82) is 0 Å². The third kappa shape index (κ3) is 2.66. The number of carbonyl (C=O) groups excluding carboxylic acids is 2. The van der Waals surface area contributed by atoms with Crippen LogP contribution in [0.25, 0.3) is 0 Å². The highest BCUT2D eigenvalue weighted by molar-refractivity contribution is 7.09. The molecule has 1 aliphatic heterocycles. The van der Waals surface area contributed by atoms with Crippen LogP contribution in [0.15, 0.2) is 17.5 Å². The van der Waals surface area contributed by atoms with Gasteiger partial charge in [-0.25, -0.2) is 0 Å². The summed E-state index contributed by atoms with van der Waals surface area (Å²) in [7, 11) is 0. The van der Waals surface area contributed by atoms with E-state index in [1.165, 1.54) is 4.88 Å². The standard InChI is InChI=1S/C12H16N2O2S/c1-2-10-12(16)13-8-11(15)14(10)6-5-9-4-3-7-17-9/h3-4,7,10H,2,5-6,8H2,1H3,(H,13,16). The quantitative estimate of drug-likeness (QED) is 0.870. The van der Waals surface area contributed by atoms with Gasteiger partial charge >= 0.3 is 0 Å². The van der Waals surface area contributed by atoms with E-state index in [4.69, 9.17) is 0 Å². The summed E-state index contributed by atoms with van der Waals surface area (Å²) in [6, 6.07) is 3.76. The summed E-state index contributed by atoms with van der Waals surface area (Å²) in [5.74, 6) is -0.00807. The fourth-order valence-corrected chi connectivity index (χ4v) is 2.77. The number of amides is 2. The molecule has 1 aromatic rings. The van der Waals surface area contributed by atoms with Crippen LogP contribution in [-0.4, -0.2) is 35.8 Å². The monoisotopic (exact) mass is 252 g/mol. The number of hydrogen-bond acceptors (Lipinski definition) is 3. The van der Waals surface area contributed by atoms with Crippen LogP contribution >= 0.6 is 11.3 Å². The number of thiophene rings is 1. The molecule has 2 rings (SSSR count). The van der Waals surface area contributed by atoms with E-state index < -0.39 is 0 Å². The molecule has 0 bridgehead atoms. The summed E-state index contributed by atoms with van der Waals surface area (Å²) in [6.07, 6.45) is 1.50. The topological polar surface area (TPSA) is 49.4 Å². The minimum absolute atomic E-state index is 0.0213. The minimum atomic E-state index is -0.295. The zero-order valence-corrected chi connectivity index (χ0v) is 10.6. The highest BCUT2D eigenvalue weighted by Gasteiger charge is 2.32. The Morgan fingerprint density at radius 1 is 1.53 bits per heavy atom. The summed E-state index contributed by atoms with van der Waals surface area (Å²) >= 11 is 1.68. The number of rotatable bonds is 4. The number of piperazine rings is 1. The van der Waals surface area contributed by atoms with E-state index in [-0.39, 0.29) is 24.4 Å². The lowest BCUT2D eigenvalue weighted by atomic mass is 10.1. The third-order valence-electron chi connectivity index (χ3n) is 2.98. The lowest BCUT2D eigenvalue weighted by Gasteiger charge is -2.34. The summed E-state index contributed by atoms with van der Waals surface area (Å²) in [6.45, 7) is 2.70. The molecule has 2 amide bonds. The Hall–Kier alpha value is -1.36. The highest BCUT2D eigenvalue weighted by Crippen LogP contribution is 2.14. The second-order valence-electron chi connectivity index (χ2n) is 4.06. The molecule has 17 heavy (non-hydrogen) atoms. The lowest BCUT2D eigenvalue weighted by molar-refractivity contribution is -0.145. The van der Waals surface area contributed by atoms with Gasteiger partial charge in [0.1, 0.15) is 6.04 Å². The number of nitrogens with zero attached hydrogens (tertiary/aromatic N) is 1. The van der Waals surface area contributed by atoms with E-state index in [9.17, 15) is 9.59 Å². The summed E-state index contributed by atoms with van der Waals surface area (Å²) in [5.41, 5.74) is 0. The number of hydrogen-bond donors (Lipinski definition) is 1. The molecule has 0 saturated carbocycles. The van der Waals surface area contributed by atoms with Crippen molar-refractivity contribution in [2.45, 2.75) is 25.8 Å². The zero-order valence-electron chi connectivity index (χ0n) is 9.81. The first-order valence-corrected chi connectivity index (χ1v) is 6.70. The molecule has 2 heterocycles. The van der Waals surface area contributed by atoms with E-state index in [2.05, 4.69) is 11.4 Å². The lowest BCUT2D eigenvalue weighted by Crippen LogP contribution is -2.58. The Labute approximate surface area is 105 Å². The van der Waals surface area contributed by atoms with Crippen LogP contribution in [0.2, 0.25) is 0 Å². The van der Waals surface area contributed by atoms with Crippen molar-refractivity contribution >= 4 is 23.2 Å². The van der Waals surface area contributed by atoms with Gasteiger partial charge in [-0.2, -0.15) is 0 Å². The smallest absolute Gasteiger partial charge is 0.243 e. The molecule has 92 valence electrons. The molecule has 1 saturated heterocycles. The van der Waals surface area contributed by atoms with Crippen LogP contribution in [0, 0.1) is 0 Å². The van der Waals surface area contributed by atoms with Crippen LogP contribution in [0.4, 0.5) is 0 Å². The molecule has 0 aliphatic carbocycles. The Balaban J connectivity index is 2.00. The number of nitrogens with one attached hydrogen (secondary N) is 1. The maximum atomic E-state index is 11.8. The molecule has 1 N–H and O–H groups in total. The van der Waals surface area contributed by atoms with E-state index >= 15 is 0 Å². The van der Waals surface area contributed by atoms with E-state index in [0.717, 1.165) is 6.42 Å². The largest absolute Gasteiger partial charge is 0.345 e. The molecule has 0 radical (unpaired) electrons. The summed E-state index contributed by atoms with van der Waals surface area (Å²) < 4.78 is 0. The zero-order chi connectivity index (χ0) is 12.3. The molecule has 4 nitrogen and oxygen atoms in total. The Bertz CT molecular complexity index is 403. The highest BCUT2D eigenvalue weighted by atomic mass is 32.1. The molecule has 1 unspecified atom stereocenters. The third-order valence-corrected chi connectivity index (χ3v) is 3.92. The van der Waals surface area contributed by atoms with Crippen LogP contribution in [0.5, 0.6) is 0 Å².